The van der Waals surface area contributed by atoms with Crippen molar-refractivity contribution in [2.45, 2.75) is 45.1 Å². The van der Waals surface area contributed by atoms with Gasteiger partial charge in [0.2, 0.25) is 0 Å². The summed E-state index contributed by atoms with van der Waals surface area (Å²) in [6.07, 6.45) is 6.97. The molecule has 1 nitrogen and oxygen atoms in total. The Hall–Kier alpha value is -0.0900. The molecule has 0 radical (unpaired) electrons. The Labute approximate surface area is 125 Å². The molecule has 1 aliphatic rings. The van der Waals surface area contributed by atoms with Crippen LogP contribution in [0.1, 0.15) is 50.6 Å². The highest BCUT2D eigenvalue weighted by molar-refractivity contribution is 14.1. The molecule has 0 bridgehead atoms. The van der Waals surface area contributed by atoms with Gasteiger partial charge < -0.3 is 5.32 Å². The van der Waals surface area contributed by atoms with E-state index in [4.69, 9.17) is 0 Å². The molecule has 1 N–H and O–H groups in total. The Morgan fingerprint density at radius 3 is 2.89 bits per heavy atom. The van der Waals surface area contributed by atoms with Crippen molar-refractivity contribution in [3.05, 3.63) is 33.4 Å². The van der Waals surface area contributed by atoms with E-state index in [1.165, 1.54) is 41.2 Å². The number of hydrogen-bond acceptors (Lipinski definition) is 1. The summed E-state index contributed by atoms with van der Waals surface area (Å²) in [7, 11) is 2.11. The second-order valence-electron chi connectivity index (χ2n) is 5.52. The van der Waals surface area contributed by atoms with Crippen LogP contribution in [0.25, 0.3) is 0 Å². The van der Waals surface area contributed by atoms with Crippen molar-refractivity contribution in [3.8, 4) is 0 Å². The molecule has 1 aliphatic carbocycles. The van der Waals surface area contributed by atoms with Crippen LogP contribution in [-0.4, -0.2) is 7.05 Å². The maximum absolute atomic E-state index is 3.56. The van der Waals surface area contributed by atoms with Crippen LogP contribution >= 0.6 is 22.6 Å². The highest BCUT2D eigenvalue weighted by Gasteiger charge is 2.27. The van der Waals surface area contributed by atoms with Crippen LogP contribution in [-0.2, 0) is 0 Å². The lowest BCUT2D eigenvalue weighted by Crippen LogP contribution is -2.29. The molecule has 0 spiro atoms. The molecule has 0 heterocycles. The zero-order valence-corrected chi connectivity index (χ0v) is 13.6. The Bertz CT molecular complexity index is 377. The summed E-state index contributed by atoms with van der Waals surface area (Å²) in [5.41, 5.74) is 1.46. The molecule has 0 saturated heterocycles. The molecule has 0 aliphatic heterocycles. The first-order valence-corrected chi connectivity index (χ1v) is 8.25. The average Bonchev–Trinajstić information content (AvgIpc) is 2.40. The van der Waals surface area contributed by atoms with Gasteiger partial charge in [-0.2, -0.15) is 0 Å². The van der Waals surface area contributed by atoms with Crippen molar-refractivity contribution >= 4 is 22.6 Å². The summed E-state index contributed by atoms with van der Waals surface area (Å²) in [6.45, 7) is 2.34. The van der Waals surface area contributed by atoms with Gasteiger partial charge in [0.05, 0.1) is 0 Å². The van der Waals surface area contributed by atoms with Gasteiger partial charge in [-0.3, -0.25) is 0 Å². The topological polar surface area (TPSA) is 12.0 Å². The second kappa shape index (κ2) is 6.90. The zero-order chi connectivity index (χ0) is 13.0. The monoisotopic (exact) mass is 357 g/mol. The number of rotatable bonds is 4. The van der Waals surface area contributed by atoms with Crippen LogP contribution < -0.4 is 5.32 Å². The molecule has 100 valence electrons. The van der Waals surface area contributed by atoms with Gasteiger partial charge in [0.15, 0.2) is 0 Å². The predicted molar refractivity (Wildman–Crippen MR) is 86.7 cm³/mol. The van der Waals surface area contributed by atoms with E-state index in [1.54, 1.807) is 0 Å². The number of halogens is 1. The number of hydrogen-bond donors (Lipinski definition) is 1. The van der Waals surface area contributed by atoms with Gasteiger partial charge in [-0.15, -0.1) is 0 Å². The van der Waals surface area contributed by atoms with E-state index >= 15 is 0 Å². The Kier molecular flexibility index (Phi) is 5.49. The first-order valence-electron chi connectivity index (χ1n) is 7.17. The van der Waals surface area contributed by atoms with E-state index in [9.17, 15) is 0 Å². The summed E-state index contributed by atoms with van der Waals surface area (Å²) in [5.74, 6) is 1.76. The summed E-state index contributed by atoms with van der Waals surface area (Å²) in [4.78, 5) is 0. The Morgan fingerprint density at radius 2 is 2.22 bits per heavy atom. The first-order chi connectivity index (χ1) is 8.74. The smallest absolute Gasteiger partial charge is 0.0346 e. The highest BCUT2D eigenvalue weighted by Crippen LogP contribution is 2.38. The molecule has 0 aromatic heterocycles. The molecular formula is C16H24IN. The average molecular weight is 357 g/mol. The SMILES string of the molecule is CCC1CCCC(C(NC)c2cccc(I)c2)C1. The normalized spacial score (nSPS) is 25.9. The largest absolute Gasteiger partial charge is 0.313 e. The minimum absolute atomic E-state index is 0.536. The molecular weight excluding hydrogens is 333 g/mol. The molecule has 1 fully saturated rings. The third kappa shape index (κ3) is 3.47. The van der Waals surface area contributed by atoms with Crippen LogP contribution in [0.15, 0.2) is 24.3 Å². The lowest BCUT2D eigenvalue weighted by molar-refractivity contribution is 0.214. The third-order valence-corrected chi connectivity index (χ3v) is 5.06. The summed E-state index contributed by atoms with van der Waals surface area (Å²) >= 11 is 2.41. The van der Waals surface area contributed by atoms with Gasteiger partial charge in [-0.1, -0.05) is 38.3 Å². The molecule has 1 aromatic rings. The van der Waals surface area contributed by atoms with E-state index in [0.29, 0.717) is 6.04 Å². The van der Waals surface area contributed by atoms with Gasteiger partial charge in [0.1, 0.15) is 0 Å². The Balaban J connectivity index is 2.12. The van der Waals surface area contributed by atoms with Crippen molar-refractivity contribution in [1.29, 1.82) is 0 Å². The fourth-order valence-corrected chi connectivity index (χ4v) is 3.95. The number of benzene rings is 1. The van der Waals surface area contributed by atoms with Crippen molar-refractivity contribution in [1.82, 2.24) is 5.32 Å². The molecule has 3 atom stereocenters. The van der Waals surface area contributed by atoms with Gasteiger partial charge in [-0.05, 0) is 72.0 Å². The predicted octanol–water partition coefficient (Wildman–Crippen LogP) is 4.77. The standard InChI is InChI=1S/C16H24IN/c1-3-12-6-4-7-13(10-12)16(18-2)14-8-5-9-15(17)11-14/h5,8-9,11-13,16,18H,3-4,6-7,10H2,1-2H3. The highest BCUT2D eigenvalue weighted by atomic mass is 127. The minimum Gasteiger partial charge on any atom is -0.313 e. The molecule has 1 saturated carbocycles. The molecule has 2 rings (SSSR count). The van der Waals surface area contributed by atoms with Crippen molar-refractivity contribution < 1.29 is 0 Å². The van der Waals surface area contributed by atoms with Crippen LogP contribution in [0.5, 0.6) is 0 Å². The lowest BCUT2D eigenvalue weighted by Gasteiger charge is -2.34. The summed E-state index contributed by atoms with van der Waals surface area (Å²) in [5, 5.41) is 3.56. The fourth-order valence-electron chi connectivity index (χ4n) is 3.38. The van der Waals surface area contributed by atoms with E-state index in [0.717, 1.165) is 11.8 Å². The van der Waals surface area contributed by atoms with E-state index in [1.807, 2.05) is 0 Å². The second-order valence-corrected chi connectivity index (χ2v) is 6.77. The van der Waals surface area contributed by atoms with Gasteiger partial charge in [-0.25, -0.2) is 0 Å². The van der Waals surface area contributed by atoms with Crippen molar-refractivity contribution in [2.75, 3.05) is 7.05 Å². The molecule has 2 heteroatoms. The lowest BCUT2D eigenvalue weighted by atomic mass is 9.75. The quantitative estimate of drug-likeness (QED) is 0.766. The van der Waals surface area contributed by atoms with Gasteiger partial charge in [0, 0.05) is 9.61 Å². The van der Waals surface area contributed by atoms with E-state index in [2.05, 4.69) is 66.1 Å². The molecule has 3 unspecified atom stereocenters. The maximum atomic E-state index is 3.56. The third-order valence-electron chi connectivity index (χ3n) is 4.39. The molecule has 18 heavy (non-hydrogen) atoms. The van der Waals surface area contributed by atoms with Gasteiger partial charge >= 0.3 is 0 Å². The zero-order valence-electron chi connectivity index (χ0n) is 11.5. The maximum Gasteiger partial charge on any atom is 0.0346 e. The van der Waals surface area contributed by atoms with Crippen molar-refractivity contribution in [2.24, 2.45) is 11.8 Å². The molecule has 1 aromatic carbocycles. The van der Waals surface area contributed by atoms with E-state index < -0.39 is 0 Å². The fraction of sp³-hybridized carbons (Fsp3) is 0.625. The van der Waals surface area contributed by atoms with Gasteiger partial charge in [0.25, 0.3) is 0 Å². The number of nitrogens with one attached hydrogen (secondary N) is 1. The van der Waals surface area contributed by atoms with Crippen LogP contribution in [0.2, 0.25) is 0 Å². The van der Waals surface area contributed by atoms with Crippen LogP contribution in [0.3, 0.4) is 0 Å². The van der Waals surface area contributed by atoms with Crippen molar-refractivity contribution in [3.63, 3.8) is 0 Å². The van der Waals surface area contributed by atoms with Crippen LogP contribution in [0, 0.1) is 15.4 Å². The summed E-state index contributed by atoms with van der Waals surface area (Å²) in [6, 6.07) is 9.50. The van der Waals surface area contributed by atoms with E-state index in [-0.39, 0.29) is 0 Å². The molecule has 0 amide bonds. The minimum atomic E-state index is 0.536. The first kappa shape index (κ1) is 14.3. The summed E-state index contributed by atoms with van der Waals surface area (Å²) < 4.78 is 1.34. The Morgan fingerprint density at radius 1 is 1.39 bits per heavy atom. The van der Waals surface area contributed by atoms with Crippen LogP contribution in [0.4, 0.5) is 0 Å².